The molecular weight excluding hydrogens is 144 g/mol. The largest absolute Gasteiger partial charge is 0.357 e. The molecule has 0 unspecified atom stereocenters. The Balaban J connectivity index is 3.24. The average Bonchev–Trinajstić information content (AvgIpc) is 2.08. The Morgan fingerprint density at radius 3 is 2.36 bits per heavy atom. The van der Waals surface area contributed by atoms with Gasteiger partial charge in [-0.3, -0.25) is 0 Å². The van der Waals surface area contributed by atoms with Gasteiger partial charge < -0.3 is 10.3 Å². The summed E-state index contributed by atoms with van der Waals surface area (Å²) in [6.07, 6.45) is 0. The first-order valence-electron chi connectivity index (χ1n) is 3.38. The van der Waals surface area contributed by atoms with Crippen LogP contribution in [0.2, 0.25) is 0 Å². The standard InChI is InChI=1S/C7H12N2O2/c1-7(2,8)5-4-6(10)11-9(5)3/h4H,8H2,1-3H3. The maximum atomic E-state index is 10.7. The Bertz CT molecular complexity index is 303. The minimum Gasteiger partial charge on any atom is -0.336 e. The fourth-order valence-corrected chi connectivity index (χ4v) is 1.00. The molecule has 0 aliphatic heterocycles. The van der Waals surface area contributed by atoms with Crippen LogP contribution in [0.25, 0.3) is 0 Å². The van der Waals surface area contributed by atoms with E-state index in [0.717, 1.165) is 0 Å². The normalized spacial score (nSPS) is 12.0. The number of rotatable bonds is 1. The van der Waals surface area contributed by atoms with Crippen LogP contribution in [0.1, 0.15) is 19.5 Å². The number of nitrogens with zero attached hydrogens (tertiary/aromatic N) is 1. The van der Waals surface area contributed by atoms with Gasteiger partial charge in [-0.25, -0.2) is 9.53 Å². The zero-order chi connectivity index (χ0) is 8.65. The van der Waals surface area contributed by atoms with Gasteiger partial charge in [0, 0.05) is 7.05 Å². The Labute approximate surface area is 64.6 Å². The molecule has 0 aliphatic rings. The van der Waals surface area contributed by atoms with E-state index in [9.17, 15) is 4.79 Å². The predicted molar refractivity (Wildman–Crippen MR) is 41.2 cm³/mol. The van der Waals surface area contributed by atoms with E-state index in [4.69, 9.17) is 10.3 Å². The number of aryl methyl sites for hydroxylation is 1. The van der Waals surface area contributed by atoms with E-state index in [-0.39, 0.29) is 5.63 Å². The van der Waals surface area contributed by atoms with Gasteiger partial charge in [0.15, 0.2) is 0 Å². The highest BCUT2D eigenvalue weighted by molar-refractivity contribution is 5.09. The number of hydrogen-bond acceptors (Lipinski definition) is 3. The second-order valence-electron chi connectivity index (χ2n) is 3.16. The lowest BCUT2D eigenvalue weighted by atomic mass is 10.0. The summed E-state index contributed by atoms with van der Waals surface area (Å²) in [4.78, 5) is 10.7. The molecule has 1 heterocycles. The Morgan fingerprint density at radius 1 is 1.64 bits per heavy atom. The van der Waals surface area contributed by atoms with E-state index < -0.39 is 5.54 Å². The van der Waals surface area contributed by atoms with Crippen molar-refractivity contribution in [1.82, 2.24) is 4.74 Å². The van der Waals surface area contributed by atoms with Crippen molar-refractivity contribution >= 4 is 0 Å². The Morgan fingerprint density at radius 2 is 2.18 bits per heavy atom. The molecule has 0 fully saturated rings. The molecule has 0 aliphatic carbocycles. The lowest BCUT2D eigenvalue weighted by molar-refractivity contribution is 0.263. The van der Waals surface area contributed by atoms with Crippen LogP contribution < -0.4 is 11.4 Å². The van der Waals surface area contributed by atoms with Gasteiger partial charge in [-0.1, -0.05) is 0 Å². The molecule has 11 heavy (non-hydrogen) atoms. The van der Waals surface area contributed by atoms with Crippen LogP contribution in [0, 0.1) is 0 Å². The zero-order valence-electron chi connectivity index (χ0n) is 6.92. The molecule has 1 rings (SSSR count). The average molecular weight is 156 g/mol. The van der Waals surface area contributed by atoms with Crippen molar-refractivity contribution in [2.45, 2.75) is 19.4 Å². The van der Waals surface area contributed by atoms with Crippen LogP contribution in [-0.2, 0) is 12.6 Å². The van der Waals surface area contributed by atoms with Gasteiger partial charge in [0.25, 0.3) is 0 Å². The molecule has 0 saturated carbocycles. The third-order valence-corrected chi connectivity index (χ3v) is 1.48. The number of nitrogens with two attached hydrogens (primary N) is 1. The summed E-state index contributed by atoms with van der Waals surface area (Å²) in [5.41, 5.74) is 5.56. The van der Waals surface area contributed by atoms with E-state index in [1.54, 1.807) is 7.05 Å². The molecule has 0 bridgehead atoms. The van der Waals surface area contributed by atoms with Crippen LogP contribution in [-0.4, -0.2) is 4.74 Å². The molecule has 2 N–H and O–H groups in total. The van der Waals surface area contributed by atoms with Crippen molar-refractivity contribution in [3.05, 3.63) is 22.2 Å². The van der Waals surface area contributed by atoms with E-state index in [1.807, 2.05) is 13.8 Å². The molecule has 4 heteroatoms. The number of hydrogen-bond donors (Lipinski definition) is 1. The van der Waals surface area contributed by atoms with Crippen molar-refractivity contribution in [2.75, 3.05) is 0 Å². The first kappa shape index (κ1) is 8.07. The summed E-state index contributed by atoms with van der Waals surface area (Å²) in [5.74, 6) is 0. The maximum Gasteiger partial charge on any atom is 0.357 e. The van der Waals surface area contributed by atoms with E-state index >= 15 is 0 Å². The topological polar surface area (TPSA) is 61.2 Å². The summed E-state index contributed by atoms with van der Waals surface area (Å²) in [7, 11) is 1.66. The van der Waals surface area contributed by atoms with Crippen LogP contribution in [0.3, 0.4) is 0 Å². The first-order valence-corrected chi connectivity index (χ1v) is 3.38. The molecule has 4 nitrogen and oxygen atoms in total. The van der Waals surface area contributed by atoms with Gasteiger partial charge in [0.2, 0.25) is 0 Å². The zero-order valence-corrected chi connectivity index (χ0v) is 6.92. The van der Waals surface area contributed by atoms with Gasteiger partial charge in [0.05, 0.1) is 17.3 Å². The third-order valence-electron chi connectivity index (χ3n) is 1.48. The molecule has 0 atom stereocenters. The van der Waals surface area contributed by atoms with E-state index in [0.29, 0.717) is 5.69 Å². The lowest BCUT2D eigenvalue weighted by Crippen LogP contribution is -2.30. The molecule has 0 radical (unpaired) electrons. The molecule has 62 valence electrons. The fraction of sp³-hybridized carbons (Fsp3) is 0.571. The SMILES string of the molecule is Cn1oc(=O)cc1C(C)(C)N. The van der Waals surface area contributed by atoms with Crippen LogP contribution >= 0.6 is 0 Å². The molecular formula is C7H12N2O2. The Kier molecular flexibility index (Phi) is 1.64. The predicted octanol–water partition coefficient (Wildman–Crippen LogP) is 0.172. The van der Waals surface area contributed by atoms with Gasteiger partial charge in [-0.15, -0.1) is 0 Å². The third kappa shape index (κ3) is 1.51. The quantitative estimate of drug-likeness (QED) is 0.630. The van der Waals surface area contributed by atoms with E-state index in [2.05, 4.69) is 0 Å². The van der Waals surface area contributed by atoms with Crippen molar-refractivity contribution < 1.29 is 4.52 Å². The van der Waals surface area contributed by atoms with Crippen molar-refractivity contribution in [3.8, 4) is 0 Å². The number of aromatic nitrogens is 1. The van der Waals surface area contributed by atoms with Gasteiger partial charge in [-0.2, -0.15) is 0 Å². The maximum absolute atomic E-state index is 10.7. The van der Waals surface area contributed by atoms with E-state index in [1.165, 1.54) is 10.8 Å². The van der Waals surface area contributed by atoms with Crippen LogP contribution in [0.15, 0.2) is 15.4 Å². The second kappa shape index (κ2) is 2.23. The monoisotopic (exact) mass is 156 g/mol. The first-order chi connectivity index (χ1) is 4.91. The molecule has 1 aromatic rings. The van der Waals surface area contributed by atoms with Gasteiger partial charge >= 0.3 is 5.63 Å². The summed E-state index contributed by atoms with van der Waals surface area (Å²) < 4.78 is 6.11. The molecule has 0 aromatic carbocycles. The Hall–Kier alpha value is -1.03. The van der Waals surface area contributed by atoms with Crippen LogP contribution in [0.4, 0.5) is 0 Å². The highest BCUT2D eigenvalue weighted by atomic mass is 16.5. The highest BCUT2D eigenvalue weighted by Gasteiger charge is 2.19. The summed E-state index contributed by atoms with van der Waals surface area (Å²) in [6.45, 7) is 3.63. The lowest BCUT2D eigenvalue weighted by Gasteiger charge is -2.16. The second-order valence-corrected chi connectivity index (χ2v) is 3.16. The fourth-order valence-electron chi connectivity index (χ4n) is 1.00. The summed E-state index contributed by atoms with van der Waals surface area (Å²) in [5, 5.41) is 0. The minimum atomic E-state index is -0.527. The summed E-state index contributed by atoms with van der Waals surface area (Å²) >= 11 is 0. The molecule has 0 amide bonds. The molecule has 1 aromatic heterocycles. The van der Waals surface area contributed by atoms with Gasteiger partial charge in [-0.05, 0) is 13.8 Å². The van der Waals surface area contributed by atoms with Crippen molar-refractivity contribution in [1.29, 1.82) is 0 Å². The highest BCUT2D eigenvalue weighted by Crippen LogP contribution is 2.13. The molecule has 0 saturated heterocycles. The smallest absolute Gasteiger partial charge is 0.336 e. The van der Waals surface area contributed by atoms with Crippen molar-refractivity contribution in [2.24, 2.45) is 12.8 Å². The summed E-state index contributed by atoms with van der Waals surface area (Å²) in [6, 6.07) is 1.40. The minimum absolute atomic E-state index is 0.360. The van der Waals surface area contributed by atoms with Gasteiger partial charge in [0.1, 0.15) is 0 Å². The van der Waals surface area contributed by atoms with Crippen LogP contribution in [0.5, 0.6) is 0 Å². The molecule has 0 spiro atoms. The van der Waals surface area contributed by atoms with Crippen molar-refractivity contribution in [3.63, 3.8) is 0 Å².